The molecule has 0 fully saturated rings. The van der Waals surface area contributed by atoms with E-state index in [1.54, 1.807) is 12.1 Å². The second-order valence-corrected chi connectivity index (χ2v) is 3.53. The average molecular weight is 233 g/mol. The Morgan fingerprint density at radius 1 is 1.53 bits per heavy atom. The second-order valence-electron chi connectivity index (χ2n) is 3.53. The standard InChI is InChI=1S/C13H15NO3/c1-4-6-11-7-5-8-12(15)14(11)9-10(2)13(16)17-3/h4-5,7-8H,1-2,6,9H2,3H3. The highest BCUT2D eigenvalue weighted by Crippen LogP contribution is 2.03. The van der Waals surface area contributed by atoms with Gasteiger partial charge in [0.2, 0.25) is 0 Å². The molecule has 0 saturated heterocycles. The first kappa shape index (κ1) is 13.0. The highest BCUT2D eigenvalue weighted by Gasteiger charge is 2.10. The van der Waals surface area contributed by atoms with Gasteiger partial charge in [-0.05, 0) is 6.07 Å². The first-order chi connectivity index (χ1) is 8.10. The van der Waals surface area contributed by atoms with Gasteiger partial charge in [-0.2, -0.15) is 0 Å². The number of esters is 1. The molecule has 4 heteroatoms. The number of carbonyl (C=O) groups is 1. The summed E-state index contributed by atoms with van der Waals surface area (Å²) in [6.07, 6.45) is 2.26. The molecule has 0 atom stereocenters. The Morgan fingerprint density at radius 2 is 2.24 bits per heavy atom. The van der Waals surface area contributed by atoms with E-state index in [9.17, 15) is 9.59 Å². The Bertz CT molecular complexity index is 500. The summed E-state index contributed by atoms with van der Waals surface area (Å²) in [5.41, 5.74) is 0.859. The lowest BCUT2D eigenvalue weighted by Crippen LogP contribution is -2.25. The Hall–Kier alpha value is -2.10. The Balaban J connectivity index is 3.04. The van der Waals surface area contributed by atoms with Crippen molar-refractivity contribution in [2.24, 2.45) is 0 Å². The number of hydrogen-bond acceptors (Lipinski definition) is 3. The van der Waals surface area contributed by atoms with Gasteiger partial charge in [-0.1, -0.05) is 18.7 Å². The monoisotopic (exact) mass is 233 g/mol. The van der Waals surface area contributed by atoms with Gasteiger partial charge in [0.15, 0.2) is 0 Å². The molecule has 0 radical (unpaired) electrons. The number of hydrogen-bond donors (Lipinski definition) is 0. The van der Waals surface area contributed by atoms with E-state index in [0.717, 1.165) is 5.69 Å². The van der Waals surface area contributed by atoms with Crippen molar-refractivity contribution in [3.8, 4) is 0 Å². The van der Waals surface area contributed by atoms with Gasteiger partial charge in [0, 0.05) is 23.8 Å². The fourth-order valence-corrected chi connectivity index (χ4v) is 1.47. The van der Waals surface area contributed by atoms with Gasteiger partial charge in [0.25, 0.3) is 5.56 Å². The molecular formula is C13H15NO3. The van der Waals surface area contributed by atoms with Gasteiger partial charge in [-0.15, -0.1) is 6.58 Å². The number of carbonyl (C=O) groups excluding carboxylic acids is 1. The predicted octanol–water partition coefficient (Wildman–Crippen LogP) is 1.31. The van der Waals surface area contributed by atoms with Crippen LogP contribution in [0.2, 0.25) is 0 Å². The Morgan fingerprint density at radius 3 is 2.82 bits per heavy atom. The molecule has 0 saturated carbocycles. The van der Waals surface area contributed by atoms with Crippen LogP contribution in [-0.4, -0.2) is 17.6 Å². The maximum absolute atomic E-state index is 11.7. The van der Waals surface area contributed by atoms with Crippen LogP contribution in [0.15, 0.2) is 47.8 Å². The normalized spacial score (nSPS) is 9.71. The minimum Gasteiger partial charge on any atom is -0.466 e. The van der Waals surface area contributed by atoms with Crippen LogP contribution in [0.4, 0.5) is 0 Å². The van der Waals surface area contributed by atoms with Crippen LogP contribution >= 0.6 is 0 Å². The van der Waals surface area contributed by atoms with E-state index in [0.29, 0.717) is 6.42 Å². The largest absolute Gasteiger partial charge is 0.466 e. The summed E-state index contributed by atoms with van der Waals surface area (Å²) in [5.74, 6) is -0.509. The number of allylic oxidation sites excluding steroid dienone is 1. The van der Waals surface area contributed by atoms with E-state index in [1.807, 2.05) is 6.07 Å². The SMILES string of the molecule is C=CCc1cccc(=O)n1CC(=C)C(=O)OC. The maximum atomic E-state index is 11.7. The van der Waals surface area contributed by atoms with E-state index in [-0.39, 0.29) is 17.7 Å². The van der Waals surface area contributed by atoms with Crippen molar-refractivity contribution < 1.29 is 9.53 Å². The summed E-state index contributed by atoms with van der Waals surface area (Å²) in [6.45, 7) is 7.37. The van der Waals surface area contributed by atoms with Crippen LogP contribution < -0.4 is 5.56 Å². The lowest BCUT2D eigenvalue weighted by Gasteiger charge is -2.11. The zero-order valence-corrected chi connectivity index (χ0v) is 9.81. The first-order valence-electron chi connectivity index (χ1n) is 5.16. The molecule has 1 heterocycles. The van der Waals surface area contributed by atoms with Crippen LogP contribution in [-0.2, 0) is 22.5 Å². The van der Waals surface area contributed by atoms with E-state index < -0.39 is 5.97 Å². The molecule has 0 aliphatic heterocycles. The van der Waals surface area contributed by atoms with Gasteiger partial charge in [0.05, 0.1) is 13.7 Å². The molecule has 0 bridgehead atoms. The summed E-state index contributed by atoms with van der Waals surface area (Å²) >= 11 is 0. The van der Waals surface area contributed by atoms with Gasteiger partial charge in [-0.3, -0.25) is 4.79 Å². The minimum atomic E-state index is -0.509. The average Bonchev–Trinajstić information content (AvgIpc) is 2.32. The van der Waals surface area contributed by atoms with Gasteiger partial charge >= 0.3 is 5.97 Å². The predicted molar refractivity (Wildman–Crippen MR) is 65.8 cm³/mol. The first-order valence-corrected chi connectivity index (χ1v) is 5.16. The van der Waals surface area contributed by atoms with Crippen molar-refractivity contribution in [2.75, 3.05) is 7.11 Å². The molecular weight excluding hydrogens is 218 g/mol. The second kappa shape index (κ2) is 5.84. The number of nitrogens with zero attached hydrogens (tertiary/aromatic N) is 1. The van der Waals surface area contributed by atoms with Gasteiger partial charge in [0.1, 0.15) is 0 Å². The third-order valence-corrected chi connectivity index (χ3v) is 2.32. The topological polar surface area (TPSA) is 48.3 Å². The third-order valence-electron chi connectivity index (χ3n) is 2.32. The molecule has 0 amide bonds. The van der Waals surface area contributed by atoms with Crippen LogP contribution in [0.25, 0.3) is 0 Å². The highest BCUT2D eigenvalue weighted by molar-refractivity contribution is 5.87. The smallest absolute Gasteiger partial charge is 0.334 e. The van der Waals surface area contributed by atoms with Crippen LogP contribution in [0, 0.1) is 0 Å². The molecule has 0 aromatic carbocycles. The summed E-state index contributed by atoms with van der Waals surface area (Å²) in [6, 6.07) is 4.93. The van der Waals surface area contributed by atoms with E-state index in [4.69, 9.17) is 0 Å². The summed E-state index contributed by atoms with van der Waals surface area (Å²) in [7, 11) is 1.28. The van der Waals surface area contributed by atoms with Crippen LogP contribution in [0.5, 0.6) is 0 Å². The van der Waals surface area contributed by atoms with Gasteiger partial charge < -0.3 is 9.30 Å². The highest BCUT2D eigenvalue weighted by atomic mass is 16.5. The van der Waals surface area contributed by atoms with Crippen LogP contribution in [0.3, 0.4) is 0 Å². The molecule has 0 unspecified atom stereocenters. The van der Waals surface area contributed by atoms with Crippen molar-refractivity contribution in [1.29, 1.82) is 0 Å². The van der Waals surface area contributed by atoms with Crippen molar-refractivity contribution in [1.82, 2.24) is 4.57 Å². The Kier molecular flexibility index (Phi) is 4.46. The molecule has 1 aromatic heterocycles. The molecule has 1 aromatic rings. The van der Waals surface area contributed by atoms with E-state index in [1.165, 1.54) is 17.7 Å². The minimum absolute atomic E-state index is 0.134. The van der Waals surface area contributed by atoms with Crippen LogP contribution in [0.1, 0.15) is 5.69 Å². The van der Waals surface area contributed by atoms with Crippen molar-refractivity contribution in [3.05, 3.63) is 59.1 Å². The fraction of sp³-hybridized carbons (Fsp3) is 0.231. The van der Waals surface area contributed by atoms with Crippen molar-refractivity contribution in [2.45, 2.75) is 13.0 Å². The lowest BCUT2D eigenvalue weighted by molar-refractivity contribution is -0.136. The molecule has 0 aliphatic carbocycles. The number of aromatic nitrogens is 1. The summed E-state index contributed by atoms with van der Waals surface area (Å²) in [4.78, 5) is 22.9. The van der Waals surface area contributed by atoms with Crippen molar-refractivity contribution >= 4 is 5.97 Å². The lowest BCUT2D eigenvalue weighted by atomic mass is 10.2. The van der Waals surface area contributed by atoms with Crippen molar-refractivity contribution in [3.63, 3.8) is 0 Å². The molecule has 90 valence electrons. The number of methoxy groups -OCH3 is 1. The molecule has 0 N–H and O–H groups in total. The number of pyridine rings is 1. The molecule has 1 rings (SSSR count). The zero-order valence-electron chi connectivity index (χ0n) is 9.81. The summed E-state index contributed by atoms with van der Waals surface area (Å²) < 4.78 is 6.04. The quantitative estimate of drug-likeness (QED) is 0.437. The molecule has 0 aliphatic rings. The van der Waals surface area contributed by atoms with Gasteiger partial charge in [-0.25, -0.2) is 4.79 Å². The Labute approximate surface area is 99.8 Å². The van der Waals surface area contributed by atoms with E-state index in [2.05, 4.69) is 17.9 Å². The molecule has 17 heavy (non-hydrogen) atoms. The molecule has 0 spiro atoms. The number of ether oxygens (including phenoxy) is 1. The molecule has 4 nitrogen and oxygen atoms in total. The maximum Gasteiger partial charge on any atom is 0.334 e. The fourth-order valence-electron chi connectivity index (χ4n) is 1.47. The third kappa shape index (κ3) is 3.17. The van der Waals surface area contributed by atoms with E-state index >= 15 is 0 Å². The number of rotatable bonds is 5. The zero-order chi connectivity index (χ0) is 12.8. The summed E-state index contributed by atoms with van der Waals surface area (Å²) in [5, 5.41) is 0.